The van der Waals surface area contributed by atoms with Crippen molar-refractivity contribution < 1.29 is 42.7 Å². The molecule has 3 atom stereocenters. The Hall–Kier alpha value is -2.33. The number of esters is 1. The van der Waals surface area contributed by atoms with Crippen LogP contribution in [-0.4, -0.2) is 60.5 Å². The zero-order valence-corrected chi connectivity index (χ0v) is 41.8. The van der Waals surface area contributed by atoms with Crippen molar-refractivity contribution in [2.24, 2.45) is 5.73 Å². The van der Waals surface area contributed by atoms with Gasteiger partial charge >= 0.3 is 19.8 Å². The quantitative estimate of drug-likeness (QED) is 0.0232. The van der Waals surface area contributed by atoms with Gasteiger partial charge in [-0.25, -0.2) is 4.57 Å². The van der Waals surface area contributed by atoms with Gasteiger partial charge in [-0.3, -0.25) is 18.6 Å². The first kappa shape index (κ1) is 61.7. The van der Waals surface area contributed by atoms with Crippen LogP contribution in [0.2, 0.25) is 0 Å². The molecular weight excluding hydrogens is 826 g/mol. The number of carboxylic acids is 1. The fourth-order valence-electron chi connectivity index (χ4n) is 6.99. The van der Waals surface area contributed by atoms with E-state index >= 15 is 0 Å². The summed E-state index contributed by atoms with van der Waals surface area (Å²) >= 11 is 0. The third kappa shape index (κ3) is 47.6. The highest BCUT2D eigenvalue weighted by Crippen LogP contribution is 2.43. The van der Waals surface area contributed by atoms with Crippen molar-refractivity contribution in [2.45, 2.75) is 238 Å². The van der Waals surface area contributed by atoms with Crippen LogP contribution in [0, 0.1) is 0 Å². The summed E-state index contributed by atoms with van der Waals surface area (Å²) in [6.45, 7) is 3.85. The second-order valence-electron chi connectivity index (χ2n) is 17.3. The van der Waals surface area contributed by atoms with Gasteiger partial charge in [0.2, 0.25) is 0 Å². The number of unbranched alkanes of at least 4 members (excludes halogenated alkanes) is 25. The van der Waals surface area contributed by atoms with Crippen molar-refractivity contribution in [3.63, 3.8) is 0 Å². The normalized spacial score (nSPS) is 14.2. The summed E-state index contributed by atoms with van der Waals surface area (Å²) < 4.78 is 33.5. The topological polar surface area (TPSA) is 155 Å². The number of allylic oxidation sites excluding steroid dienone is 10. The molecule has 4 N–H and O–H groups in total. The lowest BCUT2D eigenvalue weighted by Gasteiger charge is -2.20. The van der Waals surface area contributed by atoms with Crippen molar-refractivity contribution >= 4 is 19.8 Å². The molecule has 0 aromatic heterocycles. The number of phosphoric ester groups is 1. The SMILES string of the molecule is CCCCCC/C=C\C/C=C\CCCCCCCCCC(=O)OC(COCCCCCCCCCCC/C=C\C/C=C\C/C=C\CCCCCCC)COP(=O)(O)OCC(N)C(=O)O. The Morgan fingerprint density at radius 1 is 0.500 bits per heavy atom. The van der Waals surface area contributed by atoms with Crippen LogP contribution in [0.3, 0.4) is 0 Å². The van der Waals surface area contributed by atoms with Gasteiger partial charge in [0.25, 0.3) is 0 Å². The monoisotopic (exact) mass is 922 g/mol. The number of nitrogens with two attached hydrogens (primary N) is 1. The lowest BCUT2D eigenvalue weighted by Crippen LogP contribution is -2.34. The fraction of sp³-hybridized carbons (Fsp3) is 0.774. The number of hydrogen-bond acceptors (Lipinski definition) is 8. The molecule has 0 aliphatic carbocycles. The summed E-state index contributed by atoms with van der Waals surface area (Å²) in [4.78, 5) is 33.7. The number of rotatable bonds is 49. The molecule has 0 fully saturated rings. The van der Waals surface area contributed by atoms with Crippen LogP contribution in [0.25, 0.3) is 0 Å². The molecular formula is C53H96NO9P. The summed E-state index contributed by atoms with van der Waals surface area (Å²) in [5, 5.41) is 8.93. The molecule has 0 spiro atoms. The first-order valence-electron chi connectivity index (χ1n) is 25.8. The number of ether oxygens (including phenoxy) is 2. The lowest BCUT2D eigenvalue weighted by atomic mass is 10.1. The minimum Gasteiger partial charge on any atom is -0.480 e. The van der Waals surface area contributed by atoms with Crippen LogP contribution in [0.1, 0.15) is 226 Å². The molecule has 0 saturated heterocycles. The van der Waals surface area contributed by atoms with Gasteiger partial charge in [0, 0.05) is 13.0 Å². The van der Waals surface area contributed by atoms with Crippen LogP contribution < -0.4 is 5.73 Å². The first-order chi connectivity index (χ1) is 31.2. The fourth-order valence-corrected chi connectivity index (χ4v) is 7.77. The third-order valence-corrected chi connectivity index (χ3v) is 12.0. The molecule has 3 unspecified atom stereocenters. The van der Waals surface area contributed by atoms with Gasteiger partial charge < -0.3 is 25.2 Å². The van der Waals surface area contributed by atoms with Crippen molar-refractivity contribution in [3.05, 3.63) is 60.8 Å². The summed E-state index contributed by atoms with van der Waals surface area (Å²) in [7, 11) is -4.63. The molecule has 0 bridgehead atoms. The Labute approximate surface area is 392 Å². The van der Waals surface area contributed by atoms with E-state index in [4.69, 9.17) is 29.4 Å². The van der Waals surface area contributed by atoms with E-state index in [1.165, 1.54) is 128 Å². The minimum absolute atomic E-state index is 0.00817. The van der Waals surface area contributed by atoms with E-state index in [9.17, 15) is 19.0 Å². The minimum atomic E-state index is -4.63. The van der Waals surface area contributed by atoms with Gasteiger partial charge in [-0.2, -0.15) is 0 Å². The number of hydrogen-bond donors (Lipinski definition) is 3. The smallest absolute Gasteiger partial charge is 0.472 e. The van der Waals surface area contributed by atoms with E-state index in [0.29, 0.717) is 13.0 Å². The predicted octanol–water partition coefficient (Wildman–Crippen LogP) is 15.2. The van der Waals surface area contributed by atoms with Crippen LogP contribution in [-0.2, 0) is 32.7 Å². The molecule has 0 amide bonds. The van der Waals surface area contributed by atoms with Crippen LogP contribution in [0.15, 0.2) is 60.8 Å². The number of carboxylic acid groups (broad SMARTS) is 1. The highest BCUT2D eigenvalue weighted by molar-refractivity contribution is 7.47. The zero-order chi connectivity index (χ0) is 46.9. The molecule has 372 valence electrons. The van der Waals surface area contributed by atoms with E-state index in [0.717, 1.165) is 70.6 Å². The molecule has 0 aromatic rings. The van der Waals surface area contributed by atoms with Crippen molar-refractivity contribution in [3.8, 4) is 0 Å². The van der Waals surface area contributed by atoms with E-state index in [-0.39, 0.29) is 13.0 Å². The van der Waals surface area contributed by atoms with Gasteiger partial charge in [-0.1, -0.05) is 197 Å². The van der Waals surface area contributed by atoms with Crippen molar-refractivity contribution in [1.82, 2.24) is 0 Å². The average Bonchev–Trinajstić information content (AvgIpc) is 3.28. The Morgan fingerprint density at radius 2 is 0.859 bits per heavy atom. The van der Waals surface area contributed by atoms with Crippen molar-refractivity contribution in [1.29, 1.82) is 0 Å². The Kier molecular flexibility index (Phi) is 46.8. The number of carbonyl (C=O) groups excluding carboxylic acids is 1. The van der Waals surface area contributed by atoms with Gasteiger partial charge in [0.1, 0.15) is 12.1 Å². The maximum Gasteiger partial charge on any atom is 0.472 e. The van der Waals surface area contributed by atoms with Crippen molar-refractivity contribution in [2.75, 3.05) is 26.4 Å². The standard InChI is InChI=1S/C53H96NO9P/c1-3-5-7-9-11-13-15-17-19-21-23-24-25-26-27-28-30-32-34-36-38-40-42-44-46-60-47-50(48-61-64(58,59)62-49-51(54)53(56)57)63-52(55)45-43-41-39-37-35-33-31-29-22-20-18-16-14-12-10-8-6-4-2/h14-17,20-23,25-26,50-51H,3-13,18-19,24,27-49,54H2,1-2H3,(H,56,57)(H,58,59)/b16-14-,17-15-,22-20-,23-21-,26-25-. The predicted molar refractivity (Wildman–Crippen MR) is 267 cm³/mol. The molecule has 0 rings (SSSR count). The summed E-state index contributed by atoms with van der Waals surface area (Å²) in [5.41, 5.74) is 5.37. The first-order valence-corrected chi connectivity index (χ1v) is 27.3. The summed E-state index contributed by atoms with van der Waals surface area (Å²) in [5.74, 6) is -1.79. The zero-order valence-electron chi connectivity index (χ0n) is 40.9. The number of phosphoric acid groups is 1. The average molecular weight is 922 g/mol. The van der Waals surface area contributed by atoms with E-state index < -0.39 is 45.1 Å². The number of aliphatic carboxylic acids is 1. The van der Waals surface area contributed by atoms with Crippen LogP contribution >= 0.6 is 7.82 Å². The third-order valence-electron chi connectivity index (χ3n) is 11.0. The molecule has 11 heteroatoms. The van der Waals surface area contributed by atoms with Crippen LogP contribution in [0.4, 0.5) is 0 Å². The molecule has 0 heterocycles. The second kappa shape index (κ2) is 48.6. The van der Waals surface area contributed by atoms with E-state index in [1.54, 1.807) is 0 Å². The Morgan fingerprint density at radius 3 is 1.30 bits per heavy atom. The van der Waals surface area contributed by atoms with Gasteiger partial charge in [-0.15, -0.1) is 0 Å². The second-order valence-corrected chi connectivity index (χ2v) is 18.7. The Balaban J connectivity index is 4.16. The van der Waals surface area contributed by atoms with Gasteiger partial charge in [0.05, 0.1) is 19.8 Å². The van der Waals surface area contributed by atoms with Gasteiger partial charge in [-0.05, 0) is 83.5 Å². The summed E-state index contributed by atoms with van der Waals surface area (Å²) in [6.07, 6.45) is 59.9. The largest absolute Gasteiger partial charge is 0.480 e. The summed E-state index contributed by atoms with van der Waals surface area (Å²) in [6, 6.07) is -1.48. The molecule has 0 aliphatic rings. The molecule has 0 saturated carbocycles. The molecule has 0 aliphatic heterocycles. The highest BCUT2D eigenvalue weighted by atomic mass is 31.2. The van der Waals surface area contributed by atoms with Crippen LogP contribution in [0.5, 0.6) is 0 Å². The number of carbonyl (C=O) groups is 2. The lowest BCUT2D eigenvalue weighted by molar-refractivity contribution is -0.154. The molecule has 0 radical (unpaired) electrons. The maximum atomic E-state index is 12.7. The molecule has 10 nitrogen and oxygen atoms in total. The highest BCUT2D eigenvalue weighted by Gasteiger charge is 2.27. The molecule has 64 heavy (non-hydrogen) atoms. The maximum absolute atomic E-state index is 12.7. The Bertz CT molecular complexity index is 1250. The van der Waals surface area contributed by atoms with Gasteiger partial charge in [0.15, 0.2) is 0 Å². The van der Waals surface area contributed by atoms with E-state index in [2.05, 4.69) is 74.6 Å². The molecule has 0 aromatic carbocycles. The van der Waals surface area contributed by atoms with E-state index in [1.807, 2.05) is 0 Å².